The van der Waals surface area contributed by atoms with E-state index in [1.807, 2.05) is 0 Å². The Morgan fingerprint density at radius 3 is 2.20 bits per heavy atom. The van der Waals surface area contributed by atoms with Crippen molar-refractivity contribution in [1.82, 2.24) is 15.0 Å². The number of nitrogens with zero attached hydrogens (tertiary/aromatic N) is 3. The average Bonchev–Trinajstić information content (AvgIpc) is 2.24. The second-order valence-electron chi connectivity index (χ2n) is 4.04. The van der Waals surface area contributed by atoms with Crippen molar-refractivity contribution in [2.24, 2.45) is 0 Å². The number of aromatic nitrogens is 3. The molecule has 0 aliphatic rings. The predicted molar refractivity (Wildman–Crippen MR) is 67.0 cm³/mol. The van der Waals surface area contributed by atoms with E-state index in [4.69, 9.17) is 21.1 Å². The molecular weight excluding hydrogens is 292 g/mol. The van der Waals surface area contributed by atoms with Gasteiger partial charge >= 0.3 is 12.0 Å². The molecule has 0 bridgehead atoms. The van der Waals surface area contributed by atoms with Crippen LogP contribution in [-0.4, -0.2) is 21.1 Å². The van der Waals surface area contributed by atoms with Gasteiger partial charge in [0.05, 0.1) is 6.10 Å². The second kappa shape index (κ2) is 5.96. The van der Waals surface area contributed by atoms with Gasteiger partial charge in [0.25, 0.3) is 0 Å². The van der Waals surface area contributed by atoms with Crippen LogP contribution >= 0.6 is 11.6 Å². The van der Waals surface area contributed by atoms with Crippen LogP contribution in [0.15, 0.2) is 18.2 Å². The predicted octanol–water partition coefficient (Wildman–Crippen LogP) is 3.38. The highest BCUT2D eigenvalue weighted by atomic mass is 35.5. The van der Waals surface area contributed by atoms with Gasteiger partial charge in [-0.05, 0) is 25.4 Å². The van der Waals surface area contributed by atoms with E-state index in [0.29, 0.717) is 0 Å². The number of hydrogen-bond donors (Lipinski definition) is 0. The van der Waals surface area contributed by atoms with Crippen LogP contribution in [0.25, 0.3) is 0 Å². The average molecular weight is 302 g/mol. The minimum Gasteiger partial charge on any atom is -0.461 e. The lowest BCUT2D eigenvalue weighted by atomic mass is 10.3. The van der Waals surface area contributed by atoms with E-state index in [-0.39, 0.29) is 29.2 Å². The molecule has 0 atom stereocenters. The van der Waals surface area contributed by atoms with Gasteiger partial charge in [-0.15, -0.1) is 4.98 Å². The topological polar surface area (TPSA) is 57.1 Å². The fourth-order valence-corrected chi connectivity index (χ4v) is 1.46. The van der Waals surface area contributed by atoms with Crippen LogP contribution < -0.4 is 9.47 Å². The second-order valence-corrected chi connectivity index (χ2v) is 4.38. The fraction of sp³-hybridized carbons (Fsp3) is 0.250. The van der Waals surface area contributed by atoms with Gasteiger partial charge in [0.15, 0.2) is 0 Å². The zero-order chi connectivity index (χ0) is 14.7. The van der Waals surface area contributed by atoms with Crippen molar-refractivity contribution in [3.05, 3.63) is 35.1 Å². The van der Waals surface area contributed by atoms with Crippen molar-refractivity contribution in [3.8, 4) is 17.8 Å². The maximum Gasteiger partial charge on any atom is 0.329 e. The third kappa shape index (κ3) is 3.99. The molecular formula is C12H10ClF2N3O2. The molecule has 0 unspecified atom stereocenters. The van der Waals surface area contributed by atoms with E-state index in [1.165, 1.54) is 0 Å². The minimum absolute atomic E-state index is 0.0353. The van der Waals surface area contributed by atoms with E-state index in [2.05, 4.69) is 15.0 Å². The number of hydrogen-bond acceptors (Lipinski definition) is 5. The number of ether oxygens (including phenoxy) is 2. The number of rotatable bonds is 4. The third-order valence-electron chi connectivity index (χ3n) is 1.95. The summed E-state index contributed by atoms with van der Waals surface area (Å²) in [5.41, 5.74) is 0. The Labute approximate surface area is 118 Å². The summed E-state index contributed by atoms with van der Waals surface area (Å²) in [6, 6.07) is 2.45. The monoisotopic (exact) mass is 301 g/mol. The zero-order valence-electron chi connectivity index (χ0n) is 10.6. The first-order valence-electron chi connectivity index (χ1n) is 5.64. The van der Waals surface area contributed by atoms with Gasteiger partial charge in [-0.25, -0.2) is 8.78 Å². The highest BCUT2D eigenvalue weighted by Gasteiger charge is 2.11. The van der Waals surface area contributed by atoms with E-state index < -0.39 is 11.6 Å². The molecule has 0 N–H and O–H groups in total. The Morgan fingerprint density at radius 1 is 1.00 bits per heavy atom. The van der Waals surface area contributed by atoms with Gasteiger partial charge in [0.2, 0.25) is 5.28 Å². The highest BCUT2D eigenvalue weighted by molar-refractivity contribution is 6.28. The summed E-state index contributed by atoms with van der Waals surface area (Å²) in [6.45, 7) is 3.56. The minimum atomic E-state index is -0.779. The van der Waals surface area contributed by atoms with Crippen molar-refractivity contribution < 1.29 is 18.3 Å². The molecule has 1 aromatic heterocycles. The number of benzene rings is 1. The lowest BCUT2D eigenvalue weighted by molar-refractivity contribution is 0.218. The molecule has 0 saturated carbocycles. The third-order valence-corrected chi connectivity index (χ3v) is 2.12. The van der Waals surface area contributed by atoms with Crippen LogP contribution in [0.4, 0.5) is 8.78 Å². The smallest absolute Gasteiger partial charge is 0.329 e. The summed E-state index contributed by atoms with van der Waals surface area (Å²) in [7, 11) is 0. The SMILES string of the molecule is CC(C)Oc1nc(Cl)nc(Oc2cc(F)cc(F)c2)n1. The summed E-state index contributed by atoms with van der Waals surface area (Å²) < 4.78 is 36.5. The van der Waals surface area contributed by atoms with Gasteiger partial charge in [-0.1, -0.05) is 0 Å². The van der Waals surface area contributed by atoms with Crippen LogP contribution in [0, 0.1) is 11.6 Å². The first-order valence-corrected chi connectivity index (χ1v) is 6.02. The van der Waals surface area contributed by atoms with Gasteiger partial charge in [0, 0.05) is 18.2 Å². The van der Waals surface area contributed by atoms with Crippen molar-refractivity contribution in [2.75, 3.05) is 0 Å². The van der Waals surface area contributed by atoms with E-state index in [1.54, 1.807) is 13.8 Å². The Balaban J connectivity index is 2.26. The van der Waals surface area contributed by atoms with Crippen LogP contribution in [0.1, 0.15) is 13.8 Å². The molecule has 1 aromatic carbocycles. The summed E-state index contributed by atoms with van der Waals surface area (Å²) in [5, 5.41) is -0.150. The summed E-state index contributed by atoms with van der Waals surface area (Å²) in [5.74, 6) is -1.65. The molecule has 0 radical (unpaired) electrons. The van der Waals surface area contributed by atoms with E-state index in [0.717, 1.165) is 18.2 Å². The van der Waals surface area contributed by atoms with Crippen LogP contribution in [0.3, 0.4) is 0 Å². The maximum atomic E-state index is 13.0. The Kier molecular flexibility index (Phi) is 4.29. The molecule has 8 heteroatoms. The Morgan fingerprint density at radius 2 is 1.60 bits per heavy atom. The molecule has 106 valence electrons. The van der Waals surface area contributed by atoms with E-state index >= 15 is 0 Å². The maximum absolute atomic E-state index is 13.0. The van der Waals surface area contributed by atoms with Gasteiger partial charge in [-0.3, -0.25) is 0 Å². The quantitative estimate of drug-likeness (QED) is 0.866. The Hall–Kier alpha value is -2.02. The first kappa shape index (κ1) is 14.4. The number of halogens is 3. The van der Waals surface area contributed by atoms with E-state index in [9.17, 15) is 8.78 Å². The molecule has 5 nitrogen and oxygen atoms in total. The Bertz CT molecular complexity index is 605. The normalized spacial score (nSPS) is 10.7. The molecule has 0 fully saturated rings. The molecule has 2 rings (SSSR count). The molecule has 0 amide bonds. The molecule has 2 aromatic rings. The summed E-state index contributed by atoms with van der Waals surface area (Å²) in [6.07, 6.45) is -0.173. The highest BCUT2D eigenvalue weighted by Crippen LogP contribution is 2.22. The lowest BCUT2D eigenvalue weighted by Gasteiger charge is -2.09. The largest absolute Gasteiger partial charge is 0.461 e. The van der Waals surface area contributed by atoms with Crippen LogP contribution in [0.5, 0.6) is 17.8 Å². The summed E-state index contributed by atoms with van der Waals surface area (Å²) >= 11 is 5.69. The van der Waals surface area contributed by atoms with Crippen LogP contribution in [-0.2, 0) is 0 Å². The van der Waals surface area contributed by atoms with Crippen LogP contribution in [0.2, 0.25) is 5.28 Å². The van der Waals surface area contributed by atoms with Crippen molar-refractivity contribution in [3.63, 3.8) is 0 Å². The molecule has 0 aliphatic heterocycles. The molecule has 0 spiro atoms. The summed E-state index contributed by atoms with van der Waals surface area (Å²) in [4.78, 5) is 11.3. The zero-order valence-corrected chi connectivity index (χ0v) is 11.4. The molecule has 20 heavy (non-hydrogen) atoms. The van der Waals surface area contributed by atoms with Crippen molar-refractivity contribution in [2.45, 2.75) is 20.0 Å². The first-order chi connectivity index (χ1) is 9.42. The lowest BCUT2D eigenvalue weighted by Crippen LogP contribution is -2.09. The standard InChI is InChI=1S/C12H10ClF2N3O2/c1-6(2)19-11-16-10(13)17-12(18-11)20-9-4-7(14)3-8(15)5-9/h3-6H,1-2H3. The molecule has 0 saturated heterocycles. The van der Waals surface area contributed by atoms with Crippen molar-refractivity contribution >= 4 is 11.6 Å². The fourth-order valence-electron chi connectivity index (χ4n) is 1.32. The molecule has 1 heterocycles. The van der Waals surface area contributed by atoms with Crippen molar-refractivity contribution in [1.29, 1.82) is 0 Å². The van der Waals surface area contributed by atoms with Gasteiger partial charge in [0.1, 0.15) is 17.4 Å². The van der Waals surface area contributed by atoms with Gasteiger partial charge < -0.3 is 9.47 Å². The van der Waals surface area contributed by atoms with Gasteiger partial charge in [-0.2, -0.15) is 9.97 Å². The molecule has 0 aliphatic carbocycles.